The Morgan fingerprint density at radius 1 is 1.00 bits per heavy atom. The van der Waals surface area contributed by atoms with Crippen molar-refractivity contribution in [3.63, 3.8) is 0 Å². The van der Waals surface area contributed by atoms with Gasteiger partial charge in [-0.2, -0.15) is 0 Å². The Bertz CT molecular complexity index is 1470. The van der Waals surface area contributed by atoms with E-state index in [4.69, 9.17) is 14.0 Å². The van der Waals surface area contributed by atoms with Crippen LogP contribution >= 0.6 is 0 Å². The van der Waals surface area contributed by atoms with Crippen LogP contribution in [0.5, 0.6) is 5.75 Å². The summed E-state index contributed by atoms with van der Waals surface area (Å²) < 4.78 is 17.1. The number of amides is 3. The molecule has 3 heterocycles. The van der Waals surface area contributed by atoms with Crippen molar-refractivity contribution >= 4 is 35.1 Å². The molecule has 1 N–H and O–H groups in total. The monoisotopic (exact) mass is 561 g/mol. The predicted octanol–water partition coefficient (Wildman–Crippen LogP) is 4.77. The van der Waals surface area contributed by atoms with Crippen LogP contribution in [-0.2, 0) is 14.3 Å². The van der Waals surface area contributed by atoms with Crippen molar-refractivity contribution in [2.24, 2.45) is 0 Å². The van der Waals surface area contributed by atoms with E-state index in [1.54, 1.807) is 16.9 Å². The summed E-state index contributed by atoms with van der Waals surface area (Å²) >= 11 is 0. The maximum absolute atomic E-state index is 12.4. The van der Waals surface area contributed by atoms with E-state index in [0.29, 0.717) is 61.4 Å². The third-order valence-electron chi connectivity index (χ3n) is 7.05. The molecular weight excluding hydrogens is 526 g/mol. The van der Waals surface area contributed by atoms with E-state index in [1.807, 2.05) is 63.2 Å². The van der Waals surface area contributed by atoms with Gasteiger partial charge in [0, 0.05) is 57.7 Å². The maximum Gasteiger partial charge on any atom is 0.410 e. The van der Waals surface area contributed by atoms with E-state index in [-0.39, 0.29) is 24.3 Å². The van der Waals surface area contributed by atoms with Gasteiger partial charge in [0.05, 0.1) is 24.0 Å². The predicted molar refractivity (Wildman–Crippen MR) is 155 cm³/mol. The summed E-state index contributed by atoms with van der Waals surface area (Å²) in [6.07, 6.45) is -0.0855. The average molecular weight is 562 g/mol. The lowest BCUT2D eigenvalue weighted by Gasteiger charge is -2.35. The summed E-state index contributed by atoms with van der Waals surface area (Å²) in [6.45, 7) is 9.62. The van der Waals surface area contributed by atoms with Gasteiger partial charge >= 0.3 is 6.09 Å². The van der Waals surface area contributed by atoms with Gasteiger partial charge in [0.25, 0.3) is 0 Å². The van der Waals surface area contributed by atoms with Gasteiger partial charge < -0.3 is 34.0 Å². The third kappa shape index (κ3) is 5.98. The third-order valence-corrected chi connectivity index (χ3v) is 7.05. The number of carbonyl (C=O) groups excluding carboxylic acids is 3. The SMILES string of the molecule is COc1c(-c2ccc3c(c2)NC(=O)CCN3C(C)=O)cccc1-c1cc(N2CCN(C(=O)OC(C)(C)C)CC2)no1. The quantitative estimate of drug-likeness (QED) is 0.484. The molecule has 1 saturated heterocycles. The molecule has 2 aliphatic rings. The molecule has 11 heteroatoms. The number of nitrogens with zero attached hydrogens (tertiary/aromatic N) is 4. The summed E-state index contributed by atoms with van der Waals surface area (Å²) in [5.74, 6) is 1.54. The van der Waals surface area contributed by atoms with E-state index in [2.05, 4.69) is 15.4 Å². The molecule has 0 aliphatic carbocycles. The second kappa shape index (κ2) is 11.1. The fourth-order valence-electron chi connectivity index (χ4n) is 5.08. The Morgan fingerprint density at radius 2 is 1.73 bits per heavy atom. The Hall–Kier alpha value is -4.54. The molecule has 0 spiro atoms. The number of anilines is 3. The van der Waals surface area contributed by atoms with Crippen LogP contribution in [0.15, 0.2) is 47.0 Å². The number of hydrogen-bond donors (Lipinski definition) is 1. The number of piperazine rings is 1. The minimum Gasteiger partial charge on any atom is -0.495 e. The number of methoxy groups -OCH3 is 1. The normalized spacial score (nSPS) is 15.6. The van der Waals surface area contributed by atoms with Crippen LogP contribution in [0.2, 0.25) is 0 Å². The van der Waals surface area contributed by atoms with Gasteiger partial charge in [-0.3, -0.25) is 9.59 Å². The first-order valence-electron chi connectivity index (χ1n) is 13.6. The maximum atomic E-state index is 12.4. The van der Waals surface area contributed by atoms with Gasteiger partial charge in [0.15, 0.2) is 11.6 Å². The lowest BCUT2D eigenvalue weighted by molar-refractivity contribution is -0.117. The highest BCUT2D eigenvalue weighted by Crippen LogP contribution is 2.42. The zero-order valence-electron chi connectivity index (χ0n) is 24.0. The zero-order valence-corrected chi connectivity index (χ0v) is 24.0. The minimum atomic E-state index is -0.538. The highest BCUT2D eigenvalue weighted by atomic mass is 16.6. The summed E-state index contributed by atoms with van der Waals surface area (Å²) in [5, 5.41) is 7.22. The van der Waals surface area contributed by atoms with Crippen molar-refractivity contribution < 1.29 is 28.4 Å². The molecule has 2 aromatic carbocycles. The molecule has 0 radical (unpaired) electrons. The van der Waals surface area contributed by atoms with Gasteiger partial charge in [-0.25, -0.2) is 4.79 Å². The van der Waals surface area contributed by atoms with E-state index in [9.17, 15) is 14.4 Å². The van der Waals surface area contributed by atoms with Crippen LogP contribution in [0.25, 0.3) is 22.5 Å². The van der Waals surface area contributed by atoms with Crippen LogP contribution in [0.4, 0.5) is 22.0 Å². The molecule has 0 saturated carbocycles. The largest absolute Gasteiger partial charge is 0.495 e. The average Bonchev–Trinajstić information content (AvgIpc) is 3.35. The fraction of sp³-hybridized carbons (Fsp3) is 0.400. The van der Waals surface area contributed by atoms with E-state index >= 15 is 0 Å². The lowest BCUT2D eigenvalue weighted by Crippen LogP contribution is -2.50. The van der Waals surface area contributed by atoms with Crippen molar-refractivity contribution in [2.45, 2.75) is 39.7 Å². The molecule has 41 heavy (non-hydrogen) atoms. The molecule has 0 atom stereocenters. The Morgan fingerprint density at radius 3 is 2.41 bits per heavy atom. The number of fused-ring (bicyclic) bond motifs is 1. The number of aromatic nitrogens is 1. The number of rotatable bonds is 4. The summed E-state index contributed by atoms with van der Waals surface area (Å²) in [6, 6.07) is 13.2. The summed E-state index contributed by atoms with van der Waals surface area (Å²) in [4.78, 5) is 42.4. The van der Waals surface area contributed by atoms with Crippen molar-refractivity contribution in [3.8, 4) is 28.2 Å². The number of nitrogens with one attached hydrogen (secondary N) is 1. The molecule has 3 aromatic rings. The van der Waals surface area contributed by atoms with E-state index in [1.165, 1.54) is 6.92 Å². The summed E-state index contributed by atoms with van der Waals surface area (Å²) in [7, 11) is 1.60. The zero-order chi connectivity index (χ0) is 29.3. The van der Waals surface area contributed by atoms with E-state index < -0.39 is 5.60 Å². The van der Waals surface area contributed by atoms with Gasteiger partial charge in [0.1, 0.15) is 11.4 Å². The Labute approximate surface area is 239 Å². The van der Waals surface area contributed by atoms with Gasteiger partial charge in [-0.1, -0.05) is 23.4 Å². The van der Waals surface area contributed by atoms with Crippen molar-refractivity contribution in [2.75, 3.05) is 55.0 Å². The van der Waals surface area contributed by atoms with Crippen LogP contribution < -0.4 is 19.9 Å². The molecule has 1 fully saturated rings. The van der Waals surface area contributed by atoms with Gasteiger partial charge in [-0.05, 0) is 44.5 Å². The first kappa shape index (κ1) is 28.0. The standard InChI is InChI=1S/C30H35N5O6/c1-19(36)35-12-11-27(37)31-23-17-20(9-10-24(23)35)21-7-6-8-22(28(21)39-5)25-18-26(32-41-25)33-13-15-34(16-14-33)29(38)40-30(2,3)4/h6-10,17-18H,11-16H2,1-5H3,(H,31,37). The summed E-state index contributed by atoms with van der Waals surface area (Å²) in [5.41, 5.74) is 3.02. The molecule has 216 valence electrons. The number of ether oxygens (including phenoxy) is 2. The highest BCUT2D eigenvalue weighted by molar-refractivity contribution is 6.04. The first-order chi connectivity index (χ1) is 19.5. The van der Waals surface area contributed by atoms with Gasteiger partial charge in [0.2, 0.25) is 11.8 Å². The molecule has 3 amide bonds. The fourth-order valence-corrected chi connectivity index (χ4v) is 5.08. The molecule has 5 rings (SSSR count). The number of para-hydroxylation sites is 1. The lowest BCUT2D eigenvalue weighted by atomic mass is 9.99. The Balaban J connectivity index is 1.38. The molecular formula is C30H35N5O6. The van der Waals surface area contributed by atoms with E-state index in [0.717, 1.165) is 16.7 Å². The van der Waals surface area contributed by atoms with Gasteiger partial charge in [-0.15, -0.1) is 0 Å². The number of carbonyl (C=O) groups is 3. The second-order valence-corrected chi connectivity index (χ2v) is 11.1. The number of benzene rings is 2. The topological polar surface area (TPSA) is 117 Å². The smallest absolute Gasteiger partial charge is 0.410 e. The van der Waals surface area contributed by atoms with Crippen molar-refractivity contribution in [3.05, 3.63) is 42.5 Å². The van der Waals surface area contributed by atoms with Crippen LogP contribution in [-0.4, -0.2) is 73.4 Å². The van der Waals surface area contributed by atoms with Crippen LogP contribution in [0, 0.1) is 0 Å². The van der Waals surface area contributed by atoms with Crippen molar-refractivity contribution in [1.29, 1.82) is 0 Å². The minimum absolute atomic E-state index is 0.123. The molecule has 0 unspecified atom stereocenters. The Kier molecular flexibility index (Phi) is 7.61. The number of hydrogen-bond acceptors (Lipinski definition) is 8. The van der Waals surface area contributed by atoms with Crippen LogP contribution in [0.1, 0.15) is 34.1 Å². The highest BCUT2D eigenvalue weighted by Gasteiger charge is 2.28. The van der Waals surface area contributed by atoms with Crippen molar-refractivity contribution in [1.82, 2.24) is 10.1 Å². The van der Waals surface area contributed by atoms with Crippen LogP contribution in [0.3, 0.4) is 0 Å². The molecule has 0 bridgehead atoms. The first-order valence-corrected chi connectivity index (χ1v) is 13.6. The molecule has 1 aromatic heterocycles. The molecule has 2 aliphatic heterocycles. The second-order valence-electron chi connectivity index (χ2n) is 11.1. The molecule has 11 nitrogen and oxygen atoms in total.